The number of Topliss-reactive ketones (excluding diaryl/α,β-unsaturated/α-hetero) is 1. The van der Waals surface area contributed by atoms with Crippen LogP contribution in [0.2, 0.25) is 0 Å². The predicted molar refractivity (Wildman–Crippen MR) is 92.6 cm³/mol. The van der Waals surface area contributed by atoms with Gasteiger partial charge in [0.2, 0.25) is 5.91 Å². The highest BCUT2D eigenvalue weighted by Gasteiger charge is 2.32. The standard InChI is InChI=1S/C19H21NO2S/c1-14-7-11-18(23-14)17(21)10-12-19(22)20(16-8-9-16)13-15-5-3-2-4-6-15/h2-7,11,16H,8-10,12-13H2,1H3. The molecule has 0 atom stereocenters. The molecule has 1 fully saturated rings. The summed E-state index contributed by atoms with van der Waals surface area (Å²) in [7, 11) is 0. The monoisotopic (exact) mass is 327 g/mol. The fourth-order valence-corrected chi connectivity index (χ4v) is 3.49. The first-order chi connectivity index (χ1) is 11.1. The fraction of sp³-hybridized carbons (Fsp3) is 0.368. The molecule has 1 aliphatic carbocycles. The second-order valence-corrected chi connectivity index (χ2v) is 7.36. The third-order valence-corrected chi connectivity index (χ3v) is 5.13. The number of amides is 1. The van der Waals surface area contributed by atoms with Gasteiger partial charge in [0.1, 0.15) is 0 Å². The Morgan fingerprint density at radius 2 is 1.83 bits per heavy atom. The molecule has 1 aromatic heterocycles. The molecule has 0 aliphatic heterocycles. The second-order valence-electron chi connectivity index (χ2n) is 6.07. The van der Waals surface area contributed by atoms with Crippen LogP contribution >= 0.6 is 11.3 Å². The van der Waals surface area contributed by atoms with Gasteiger partial charge in [-0.2, -0.15) is 0 Å². The Balaban J connectivity index is 1.57. The normalized spacial score (nSPS) is 13.8. The van der Waals surface area contributed by atoms with E-state index in [1.807, 2.05) is 54.3 Å². The molecule has 0 spiro atoms. The van der Waals surface area contributed by atoms with Gasteiger partial charge in [0.05, 0.1) is 4.88 Å². The Kier molecular flexibility index (Phi) is 4.91. The zero-order valence-electron chi connectivity index (χ0n) is 13.3. The smallest absolute Gasteiger partial charge is 0.223 e. The van der Waals surface area contributed by atoms with E-state index in [0.717, 1.165) is 28.2 Å². The van der Waals surface area contributed by atoms with Crippen molar-refractivity contribution in [1.29, 1.82) is 0 Å². The van der Waals surface area contributed by atoms with Crippen molar-refractivity contribution in [2.75, 3.05) is 0 Å². The summed E-state index contributed by atoms with van der Waals surface area (Å²) in [5, 5.41) is 0. The highest BCUT2D eigenvalue weighted by atomic mass is 32.1. The van der Waals surface area contributed by atoms with Crippen molar-refractivity contribution in [3.8, 4) is 0 Å². The van der Waals surface area contributed by atoms with E-state index in [9.17, 15) is 9.59 Å². The SMILES string of the molecule is Cc1ccc(C(=O)CCC(=O)N(Cc2ccccc2)C2CC2)s1. The maximum absolute atomic E-state index is 12.5. The lowest BCUT2D eigenvalue weighted by atomic mass is 10.1. The Labute approximate surface area is 140 Å². The molecule has 1 aliphatic rings. The van der Waals surface area contributed by atoms with Gasteiger partial charge in [-0.15, -0.1) is 11.3 Å². The molecule has 0 bridgehead atoms. The van der Waals surface area contributed by atoms with Gasteiger partial charge >= 0.3 is 0 Å². The van der Waals surface area contributed by atoms with Crippen LogP contribution in [-0.2, 0) is 11.3 Å². The highest BCUT2D eigenvalue weighted by Crippen LogP contribution is 2.29. The van der Waals surface area contributed by atoms with Gasteiger partial charge in [0, 0.05) is 30.3 Å². The topological polar surface area (TPSA) is 37.4 Å². The number of carbonyl (C=O) groups excluding carboxylic acids is 2. The molecular weight excluding hydrogens is 306 g/mol. The third kappa shape index (κ3) is 4.29. The zero-order chi connectivity index (χ0) is 16.2. The lowest BCUT2D eigenvalue weighted by Crippen LogP contribution is -2.32. The van der Waals surface area contributed by atoms with Crippen molar-refractivity contribution in [3.05, 3.63) is 57.8 Å². The van der Waals surface area contributed by atoms with E-state index in [0.29, 0.717) is 25.4 Å². The van der Waals surface area contributed by atoms with Crippen LogP contribution in [0.1, 0.15) is 45.8 Å². The van der Waals surface area contributed by atoms with Gasteiger partial charge in [0.25, 0.3) is 0 Å². The van der Waals surface area contributed by atoms with Crippen molar-refractivity contribution in [3.63, 3.8) is 0 Å². The van der Waals surface area contributed by atoms with Gasteiger partial charge in [-0.3, -0.25) is 9.59 Å². The fourth-order valence-electron chi connectivity index (χ4n) is 2.66. The van der Waals surface area contributed by atoms with E-state index >= 15 is 0 Å². The number of carbonyl (C=O) groups is 2. The van der Waals surface area contributed by atoms with Crippen LogP contribution in [0.3, 0.4) is 0 Å². The molecule has 1 aromatic carbocycles. The van der Waals surface area contributed by atoms with Crippen molar-refractivity contribution >= 4 is 23.0 Å². The van der Waals surface area contributed by atoms with Crippen molar-refractivity contribution in [2.45, 2.75) is 45.2 Å². The lowest BCUT2D eigenvalue weighted by molar-refractivity contribution is -0.132. The van der Waals surface area contributed by atoms with Crippen molar-refractivity contribution in [2.24, 2.45) is 0 Å². The van der Waals surface area contributed by atoms with Crippen molar-refractivity contribution in [1.82, 2.24) is 4.90 Å². The largest absolute Gasteiger partial charge is 0.335 e. The molecular formula is C19H21NO2S. The minimum Gasteiger partial charge on any atom is -0.335 e. The maximum Gasteiger partial charge on any atom is 0.223 e. The van der Waals surface area contributed by atoms with E-state index in [-0.39, 0.29) is 11.7 Å². The molecule has 0 unspecified atom stereocenters. The number of nitrogens with zero attached hydrogens (tertiary/aromatic N) is 1. The summed E-state index contributed by atoms with van der Waals surface area (Å²) in [4.78, 5) is 28.6. The Bertz CT molecular complexity index is 688. The lowest BCUT2D eigenvalue weighted by Gasteiger charge is -2.22. The van der Waals surface area contributed by atoms with Crippen LogP contribution in [0.25, 0.3) is 0 Å². The first-order valence-electron chi connectivity index (χ1n) is 8.06. The maximum atomic E-state index is 12.5. The van der Waals surface area contributed by atoms with E-state index in [1.54, 1.807) is 0 Å². The van der Waals surface area contributed by atoms with E-state index in [1.165, 1.54) is 11.3 Å². The Morgan fingerprint density at radius 3 is 2.43 bits per heavy atom. The molecule has 4 heteroatoms. The summed E-state index contributed by atoms with van der Waals surface area (Å²) in [6.45, 7) is 2.64. The Hall–Kier alpha value is -1.94. The van der Waals surface area contributed by atoms with Gasteiger partial charge in [-0.05, 0) is 37.5 Å². The average molecular weight is 327 g/mol. The molecule has 0 N–H and O–H groups in total. The van der Waals surface area contributed by atoms with E-state index in [4.69, 9.17) is 0 Å². The van der Waals surface area contributed by atoms with Crippen LogP contribution in [-0.4, -0.2) is 22.6 Å². The van der Waals surface area contributed by atoms with Gasteiger partial charge in [-0.25, -0.2) is 0 Å². The second kappa shape index (κ2) is 7.09. The number of hydrogen-bond donors (Lipinski definition) is 0. The van der Waals surface area contributed by atoms with Crippen molar-refractivity contribution < 1.29 is 9.59 Å². The number of benzene rings is 1. The minimum absolute atomic E-state index is 0.0758. The molecule has 0 saturated heterocycles. The first kappa shape index (κ1) is 15.9. The first-order valence-corrected chi connectivity index (χ1v) is 8.88. The zero-order valence-corrected chi connectivity index (χ0v) is 14.1. The molecule has 1 amide bonds. The number of thiophene rings is 1. The summed E-state index contributed by atoms with van der Waals surface area (Å²) >= 11 is 1.50. The van der Waals surface area contributed by atoms with Crippen LogP contribution in [0.4, 0.5) is 0 Å². The van der Waals surface area contributed by atoms with Crippen LogP contribution in [0.15, 0.2) is 42.5 Å². The summed E-state index contributed by atoms with van der Waals surface area (Å²) < 4.78 is 0. The molecule has 120 valence electrons. The molecule has 3 rings (SSSR count). The molecule has 0 radical (unpaired) electrons. The predicted octanol–water partition coefficient (Wildman–Crippen LogP) is 4.21. The number of rotatable bonds is 7. The van der Waals surface area contributed by atoms with Gasteiger partial charge in [-0.1, -0.05) is 30.3 Å². The summed E-state index contributed by atoms with van der Waals surface area (Å²) in [5.74, 6) is 0.171. The van der Waals surface area contributed by atoms with Crippen LogP contribution < -0.4 is 0 Å². The molecule has 3 nitrogen and oxygen atoms in total. The summed E-state index contributed by atoms with van der Waals surface area (Å²) in [5.41, 5.74) is 1.15. The van der Waals surface area contributed by atoms with Gasteiger partial charge in [0.15, 0.2) is 5.78 Å². The average Bonchev–Trinajstić information content (AvgIpc) is 3.31. The molecule has 23 heavy (non-hydrogen) atoms. The molecule has 1 heterocycles. The highest BCUT2D eigenvalue weighted by molar-refractivity contribution is 7.14. The van der Waals surface area contributed by atoms with Crippen LogP contribution in [0, 0.1) is 6.92 Å². The summed E-state index contributed by atoms with van der Waals surface area (Å²) in [6.07, 6.45) is 2.77. The molecule has 1 saturated carbocycles. The third-order valence-electron chi connectivity index (χ3n) is 4.08. The molecule has 2 aromatic rings. The number of ketones is 1. The number of hydrogen-bond acceptors (Lipinski definition) is 3. The van der Waals surface area contributed by atoms with Crippen LogP contribution in [0.5, 0.6) is 0 Å². The quantitative estimate of drug-likeness (QED) is 0.714. The van der Waals surface area contributed by atoms with E-state index < -0.39 is 0 Å². The van der Waals surface area contributed by atoms with E-state index in [2.05, 4.69) is 0 Å². The minimum atomic E-state index is 0.0758. The Morgan fingerprint density at radius 1 is 1.09 bits per heavy atom. The summed E-state index contributed by atoms with van der Waals surface area (Å²) in [6, 6.07) is 14.2. The number of aryl methyl sites for hydroxylation is 1. The van der Waals surface area contributed by atoms with Gasteiger partial charge < -0.3 is 4.90 Å².